The Morgan fingerprint density at radius 1 is 0.938 bits per heavy atom. The lowest BCUT2D eigenvalue weighted by molar-refractivity contribution is -0.197. The molecule has 48 heavy (non-hydrogen) atoms. The fourth-order valence-corrected chi connectivity index (χ4v) is 8.33. The van der Waals surface area contributed by atoms with E-state index in [1.807, 2.05) is 0 Å². The van der Waals surface area contributed by atoms with Crippen LogP contribution in [0.1, 0.15) is 129 Å². The van der Waals surface area contributed by atoms with E-state index in [0.29, 0.717) is 55.7 Å². The maximum absolute atomic E-state index is 13.2. The Balaban J connectivity index is 1.06. The van der Waals surface area contributed by atoms with Crippen LogP contribution in [0.4, 0.5) is 0 Å². The van der Waals surface area contributed by atoms with E-state index >= 15 is 0 Å². The summed E-state index contributed by atoms with van der Waals surface area (Å²) in [5.41, 5.74) is 3.94. The molecule has 3 N–H and O–H groups in total. The molecule has 10 heteroatoms. The highest BCUT2D eigenvalue weighted by atomic mass is 16.7. The molecular formula is C38H57N3O7. The first-order chi connectivity index (χ1) is 23.0. The van der Waals surface area contributed by atoms with E-state index in [-0.39, 0.29) is 48.5 Å². The summed E-state index contributed by atoms with van der Waals surface area (Å²) in [6, 6.07) is 0. The van der Waals surface area contributed by atoms with Crippen LogP contribution in [0.15, 0.2) is 35.5 Å². The summed E-state index contributed by atoms with van der Waals surface area (Å²) >= 11 is 0. The minimum Gasteiger partial charge on any atom is -0.393 e. The number of imide groups is 1. The van der Waals surface area contributed by atoms with Crippen molar-refractivity contribution >= 4 is 29.6 Å². The Hall–Kier alpha value is -3.27. The minimum absolute atomic E-state index is 0.000479. The Morgan fingerprint density at radius 2 is 1.62 bits per heavy atom. The Kier molecular flexibility index (Phi) is 14.0. The molecule has 4 rings (SSSR count). The van der Waals surface area contributed by atoms with Gasteiger partial charge < -0.3 is 20.6 Å². The van der Waals surface area contributed by atoms with Gasteiger partial charge in [-0.05, 0) is 99.9 Å². The molecule has 2 unspecified atom stereocenters. The van der Waals surface area contributed by atoms with Crippen molar-refractivity contribution < 1.29 is 33.9 Å². The van der Waals surface area contributed by atoms with E-state index in [1.54, 1.807) is 0 Å². The van der Waals surface area contributed by atoms with E-state index in [0.717, 1.165) is 76.2 Å². The number of amides is 4. The predicted octanol–water partition coefficient (Wildman–Crippen LogP) is 5.75. The summed E-state index contributed by atoms with van der Waals surface area (Å²) in [4.78, 5) is 65.1. The number of nitrogens with one attached hydrogen (secondary N) is 2. The average Bonchev–Trinajstić information content (AvgIpc) is 3.58. The third-order valence-electron chi connectivity index (χ3n) is 11.2. The highest BCUT2D eigenvalue weighted by molar-refractivity contribution is 6.01. The quantitative estimate of drug-likeness (QED) is 0.141. The summed E-state index contributed by atoms with van der Waals surface area (Å²) in [6.45, 7) is 9.87. The van der Waals surface area contributed by atoms with Crippen LogP contribution in [0.3, 0.4) is 0 Å². The number of rotatable bonds is 16. The van der Waals surface area contributed by atoms with Gasteiger partial charge in [-0.15, -0.1) is 5.06 Å². The first-order valence-corrected chi connectivity index (χ1v) is 18.4. The molecule has 266 valence electrons. The van der Waals surface area contributed by atoms with Crippen molar-refractivity contribution in [3.63, 3.8) is 0 Å². The number of carbonyl (C=O) groups excluding carboxylic acids is 5. The van der Waals surface area contributed by atoms with Crippen molar-refractivity contribution in [3.8, 4) is 0 Å². The van der Waals surface area contributed by atoms with Crippen molar-refractivity contribution in [2.75, 3.05) is 13.1 Å². The highest BCUT2D eigenvalue weighted by Crippen LogP contribution is 2.59. The number of aliphatic hydroxyl groups is 1. The van der Waals surface area contributed by atoms with Gasteiger partial charge in [-0.3, -0.25) is 19.2 Å². The lowest BCUT2D eigenvalue weighted by Gasteiger charge is -2.44. The zero-order valence-electron chi connectivity index (χ0n) is 29.2. The molecule has 3 aliphatic carbocycles. The van der Waals surface area contributed by atoms with Crippen LogP contribution >= 0.6 is 0 Å². The summed E-state index contributed by atoms with van der Waals surface area (Å²) in [6.07, 6.45) is 17.3. The maximum Gasteiger partial charge on any atom is 0.333 e. The van der Waals surface area contributed by atoms with Crippen LogP contribution < -0.4 is 10.6 Å². The fraction of sp³-hybridized carbons (Fsp3) is 0.711. The van der Waals surface area contributed by atoms with Crippen LogP contribution in [-0.2, 0) is 28.8 Å². The second kappa shape index (κ2) is 17.9. The summed E-state index contributed by atoms with van der Waals surface area (Å²) < 4.78 is 0. The molecule has 4 aliphatic rings. The van der Waals surface area contributed by atoms with E-state index < -0.39 is 17.8 Å². The van der Waals surface area contributed by atoms with E-state index in [2.05, 4.69) is 43.2 Å². The van der Waals surface area contributed by atoms with Crippen LogP contribution in [0, 0.1) is 23.2 Å². The third kappa shape index (κ3) is 10.1. The number of aliphatic hydroxyl groups excluding tert-OH is 1. The fourth-order valence-electron chi connectivity index (χ4n) is 8.33. The second-order valence-corrected chi connectivity index (χ2v) is 14.6. The van der Waals surface area contributed by atoms with Gasteiger partial charge in [-0.2, -0.15) is 0 Å². The second-order valence-electron chi connectivity index (χ2n) is 14.6. The number of hydrogen-bond donors (Lipinski definition) is 3. The molecule has 4 amide bonds. The van der Waals surface area contributed by atoms with Gasteiger partial charge in [0.1, 0.15) is 0 Å². The zero-order valence-corrected chi connectivity index (χ0v) is 29.2. The SMILES string of the molecule is C=C1CC[C@H](O)C/C1=C/C=C1\CCC[C@@]2(C)C1CCC2[C@H](C)C(=O)NCCCCNC(=O)CCCCCCC(=O)ON1C(=O)CCC1=O. The first-order valence-electron chi connectivity index (χ1n) is 18.4. The van der Waals surface area contributed by atoms with Crippen molar-refractivity contribution in [3.05, 3.63) is 35.5 Å². The molecule has 5 atom stereocenters. The summed E-state index contributed by atoms with van der Waals surface area (Å²) in [5.74, 6) is -0.618. The van der Waals surface area contributed by atoms with Gasteiger partial charge in [0.05, 0.1) is 6.10 Å². The normalized spacial score (nSPS) is 28.1. The number of allylic oxidation sites excluding steroid dienone is 4. The van der Waals surface area contributed by atoms with E-state index in [1.165, 1.54) is 11.1 Å². The van der Waals surface area contributed by atoms with Gasteiger partial charge >= 0.3 is 5.97 Å². The monoisotopic (exact) mass is 667 g/mol. The lowest BCUT2D eigenvalue weighted by atomic mass is 9.61. The molecule has 10 nitrogen and oxygen atoms in total. The number of fused-ring (bicyclic) bond motifs is 1. The van der Waals surface area contributed by atoms with Crippen LogP contribution in [0.2, 0.25) is 0 Å². The topological polar surface area (TPSA) is 142 Å². The summed E-state index contributed by atoms with van der Waals surface area (Å²) in [7, 11) is 0. The zero-order chi connectivity index (χ0) is 34.7. The Morgan fingerprint density at radius 3 is 2.35 bits per heavy atom. The van der Waals surface area contributed by atoms with Crippen molar-refractivity contribution in [2.45, 2.75) is 136 Å². The van der Waals surface area contributed by atoms with Gasteiger partial charge in [-0.1, -0.05) is 56.6 Å². The first kappa shape index (κ1) is 37.5. The van der Waals surface area contributed by atoms with Crippen molar-refractivity contribution in [1.82, 2.24) is 15.7 Å². The molecule has 0 bridgehead atoms. The smallest absolute Gasteiger partial charge is 0.333 e. The van der Waals surface area contributed by atoms with Crippen LogP contribution in [0.25, 0.3) is 0 Å². The molecule has 0 aromatic rings. The molecule has 1 heterocycles. The summed E-state index contributed by atoms with van der Waals surface area (Å²) in [5, 5.41) is 16.8. The van der Waals surface area contributed by atoms with Crippen LogP contribution in [0.5, 0.6) is 0 Å². The standard InChI is InChI=1S/C38H57N3O7/c1-26-14-17-30(42)25-29(26)16-15-28-11-10-22-38(3)31(18-19-32(28)38)27(2)37(47)40-24-9-8-23-39-33(43)12-6-4-5-7-13-36(46)48-41-34(44)20-21-35(41)45/h15-16,27,30-32,42H,1,4-14,17-25H2,2-3H3,(H,39,43)(H,40,47)/b28-15+,29-16-/t27-,30-,31?,32?,38+/m0/s1. The minimum atomic E-state index is -0.590. The third-order valence-corrected chi connectivity index (χ3v) is 11.2. The maximum atomic E-state index is 13.2. The highest BCUT2D eigenvalue weighted by Gasteiger charge is 2.51. The lowest BCUT2D eigenvalue weighted by Crippen LogP contribution is -2.41. The van der Waals surface area contributed by atoms with Gasteiger partial charge in [0.2, 0.25) is 11.8 Å². The number of carbonyl (C=O) groups is 5. The van der Waals surface area contributed by atoms with Gasteiger partial charge in [0.15, 0.2) is 0 Å². The molecule has 0 aromatic heterocycles. The predicted molar refractivity (Wildman–Crippen MR) is 183 cm³/mol. The molecule has 0 radical (unpaired) electrons. The van der Waals surface area contributed by atoms with Gasteiger partial charge in [0.25, 0.3) is 11.8 Å². The Bertz CT molecular complexity index is 1260. The Labute approximate surface area is 286 Å². The number of unbranched alkanes of at least 4 members (excludes halogenated alkanes) is 4. The van der Waals surface area contributed by atoms with Crippen LogP contribution in [-0.4, -0.2) is 59.0 Å². The molecule has 1 aliphatic heterocycles. The molecule has 1 saturated heterocycles. The van der Waals surface area contributed by atoms with Gasteiger partial charge in [-0.25, -0.2) is 4.79 Å². The molecule has 3 saturated carbocycles. The van der Waals surface area contributed by atoms with E-state index in [9.17, 15) is 29.1 Å². The number of hydrogen-bond acceptors (Lipinski definition) is 7. The average molecular weight is 668 g/mol. The number of hydroxylamine groups is 2. The molecule has 0 aromatic carbocycles. The molecular weight excluding hydrogens is 610 g/mol. The number of nitrogens with zero attached hydrogens (tertiary/aromatic N) is 1. The van der Waals surface area contributed by atoms with Crippen molar-refractivity contribution in [1.29, 1.82) is 0 Å². The largest absolute Gasteiger partial charge is 0.393 e. The molecule has 4 fully saturated rings. The van der Waals surface area contributed by atoms with Crippen molar-refractivity contribution in [2.24, 2.45) is 23.2 Å². The van der Waals surface area contributed by atoms with Gasteiger partial charge in [0, 0.05) is 44.7 Å². The molecule has 0 spiro atoms. The van der Waals surface area contributed by atoms with E-state index in [4.69, 9.17) is 4.84 Å².